The largest absolute Gasteiger partial charge is 0.397 e. The molecule has 2 heterocycles. The molecule has 17 heavy (non-hydrogen) atoms. The van der Waals surface area contributed by atoms with Gasteiger partial charge in [-0.3, -0.25) is 0 Å². The summed E-state index contributed by atoms with van der Waals surface area (Å²) in [6.45, 7) is 0.817. The fraction of sp³-hybridized carbons (Fsp3) is 0.182. The predicted molar refractivity (Wildman–Crippen MR) is 80.5 cm³/mol. The van der Waals surface area contributed by atoms with Gasteiger partial charge in [0, 0.05) is 13.6 Å². The van der Waals surface area contributed by atoms with Crippen molar-refractivity contribution in [2.45, 2.75) is 6.54 Å². The van der Waals surface area contributed by atoms with Crippen LogP contribution in [0.25, 0.3) is 0 Å². The van der Waals surface area contributed by atoms with Gasteiger partial charge in [0.2, 0.25) is 0 Å². The van der Waals surface area contributed by atoms with E-state index in [1.165, 1.54) is 5.56 Å². The molecule has 0 saturated carbocycles. The molecule has 0 unspecified atom stereocenters. The Labute approximate surface area is 121 Å². The molecule has 0 bridgehead atoms. The molecule has 2 rings (SSSR count). The van der Waals surface area contributed by atoms with Gasteiger partial charge in [-0.05, 0) is 54.9 Å². The van der Waals surface area contributed by atoms with Gasteiger partial charge in [-0.1, -0.05) is 0 Å². The monoisotopic (exact) mass is 375 g/mol. The zero-order chi connectivity index (χ0) is 12.4. The minimum atomic E-state index is 0.660. The summed E-state index contributed by atoms with van der Waals surface area (Å²) in [6, 6.07) is 3.98. The van der Waals surface area contributed by atoms with Crippen molar-refractivity contribution in [3.05, 3.63) is 37.5 Å². The Morgan fingerprint density at radius 1 is 1.41 bits per heavy atom. The van der Waals surface area contributed by atoms with E-state index in [4.69, 9.17) is 5.73 Å². The Morgan fingerprint density at radius 2 is 2.18 bits per heavy atom. The predicted octanol–water partition coefficient (Wildman–Crippen LogP) is 3.89. The smallest absolute Gasteiger partial charge is 0.143 e. The van der Waals surface area contributed by atoms with E-state index < -0.39 is 0 Å². The zero-order valence-corrected chi connectivity index (χ0v) is 13.1. The lowest BCUT2D eigenvalue weighted by atomic mass is 10.3. The first-order chi connectivity index (χ1) is 8.06. The molecular formula is C11H11Br2N3S. The van der Waals surface area contributed by atoms with Crippen molar-refractivity contribution in [2.24, 2.45) is 0 Å². The van der Waals surface area contributed by atoms with Crippen molar-refractivity contribution in [2.75, 3.05) is 17.7 Å². The molecule has 6 heteroatoms. The Hall–Kier alpha value is -0.590. The number of nitrogens with two attached hydrogens (primary N) is 1. The number of pyridine rings is 1. The molecule has 2 aromatic heterocycles. The van der Waals surface area contributed by atoms with E-state index in [1.807, 2.05) is 13.1 Å². The summed E-state index contributed by atoms with van der Waals surface area (Å²) < 4.78 is 2.06. The number of anilines is 2. The van der Waals surface area contributed by atoms with E-state index in [2.05, 4.69) is 53.2 Å². The van der Waals surface area contributed by atoms with Crippen LogP contribution in [0, 0.1) is 0 Å². The molecule has 0 radical (unpaired) electrons. The average Bonchev–Trinajstić information content (AvgIpc) is 2.63. The minimum Gasteiger partial charge on any atom is -0.397 e. The second-order valence-corrected chi connectivity index (χ2v) is 6.83. The van der Waals surface area contributed by atoms with Crippen LogP contribution >= 0.6 is 43.2 Å². The molecule has 2 aromatic rings. The topological polar surface area (TPSA) is 42.2 Å². The molecule has 2 N–H and O–H groups in total. The van der Waals surface area contributed by atoms with Crippen LogP contribution in [0.15, 0.2) is 32.0 Å². The number of nitrogens with zero attached hydrogens (tertiary/aromatic N) is 2. The molecule has 0 amide bonds. The van der Waals surface area contributed by atoms with Gasteiger partial charge in [-0.2, -0.15) is 0 Å². The quantitative estimate of drug-likeness (QED) is 0.883. The van der Waals surface area contributed by atoms with Gasteiger partial charge in [0.1, 0.15) is 5.82 Å². The summed E-state index contributed by atoms with van der Waals surface area (Å²) in [6.07, 6.45) is 1.67. The number of hydrogen-bond donors (Lipinski definition) is 1. The molecule has 0 spiro atoms. The number of aromatic nitrogens is 1. The highest BCUT2D eigenvalue weighted by atomic mass is 79.9. The number of halogens is 2. The Balaban J connectivity index is 2.17. The normalized spacial score (nSPS) is 10.5. The summed E-state index contributed by atoms with van der Waals surface area (Å²) >= 11 is 8.62. The lowest BCUT2D eigenvalue weighted by Gasteiger charge is -2.18. The summed E-state index contributed by atoms with van der Waals surface area (Å²) in [4.78, 5) is 6.41. The maximum Gasteiger partial charge on any atom is 0.143 e. The van der Waals surface area contributed by atoms with Crippen molar-refractivity contribution in [3.8, 4) is 0 Å². The molecule has 0 atom stereocenters. The van der Waals surface area contributed by atoms with Crippen molar-refractivity contribution in [3.63, 3.8) is 0 Å². The van der Waals surface area contributed by atoms with Crippen molar-refractivity contribution < 1.29 is 0 Å². The van der Waals surface area contributed by atoms with Crippen LogP contribution in [0.5, 0.6) is 0 Å². The van der Waals surface area contributed by atoms with Crippen molar-refractivity contribution >= 4 is 54.7 Å². The molecule has 0 aliphatic carbocycles. The van der Waals surface area contributed by atoms with E-state index >= 15 is 0 Å². The third-order valence-electron chi connectivity index (χ3n) is 2.25. The molecule has 0 aliphatic rings. The highest BCUT2D eigenvalue weighted by Gasteiger charge is 2.09. The fourth-order valence-electron chi connectivity index (χ4n) is 1.50. The van der Waals surface area contributed by atoms with Crippen molar-refractivity contribution in [1.29, 1.82) is 0 Å². The van der Waals surface area contributed by atoms with Crippen molar-refractivity contribution in [1.82, 2.24) is 4.98 Å². The first-order valence-corrected chi connectivity index (χ1v) is 7.38. The lowest BCUT2D eigenvalue weighted by Crippen LogP contribution is -2.17. The summed E-state index contributed by atoms with van der Waals surface area (Å²) in [5.74, 6) is 0.890. The minimum absolute atomic E-state index is 0.660. The second-order valence-electron chi connectivity index (χ2n) is 3.69. The molecule has 90 valence electrons. The van der Waals surface area contributed by atoms with Gasteiger partial charge in [-0.15, -0.1) is 11.3 Å². The van der Waals surface area contributed by atoms with Crippen LogP contribution in [0.1, 0.15) is 5.56 Å². The standard InChI is InChI=1S/C11H11Br2N3S/c1-16(5-7-2-10(13)17-6-7)11-9(12)3-8(14)4-15-11/h2-4,6H,5,14H2,1H3. The molecule has 0 aromatic carbocycles. The molecule has 3 nitrogen and oxygen atoms in total. The second kappa shape index (κ2) is 5.37. The maximum atomic E-state index is 5.67. The number of rotatable bonds is 3. The molecule has 0 aliphatic heterocycles. The van der Waals surface area contributed by atoms with Crippen LogP contribution in [-0.4, -0.2) is 12.0 Å². The fourth-order valence-corrected chi connectivity index (χ4v) is 3.37. The van der Waals surface area contributed by atoms with Gasteiger partial charge >= 0.3 is 0 Å². The molecule has 0 saturated heterocycles. The van der Waals surface area contributed by atoms with Gasteiger partial charge in [0.25, 0.3) is 0 Å². The third-order valence-corrected chi connectivity index (χ3v) is 4.38. The maximum absolute atomic E-state index is 5.67. The average molecular weight is 377 g/mol. The van der Waals surface area contributed by atoms with E-state index in [1.54, 1.807) is 17.5 Å². The van der Waals surface area contributed by atoms with Crippen LogP contribution in [0.3, 0.4) is 0 Å². The van der Waals surface area contributed by atoms with E-state index in [-0.39, 0.29) is 0 Å². The van der Waals surface area contributed by atoms with Crippen LogP contribution in [-0.2, 0) is 6.54 Å². The SMILES string of the molecule is CN(Cc1csc(Br)c1)c1ncc(N)cc1Br. The van der Waals surface area contributed by atoms with Crippen LogP contribution in [0.2, 0.25) is 0 Å². The Kier molecular flexibility index (Phi) is 4.06. The van der Waals surface area contributed by atoms with E-state index in [0.717, 1.165) is 20.6 Å². The summed E-state index contributed by atoms with van der Waals surface area (Å²) in [7, 11) is 2.01. The third kappa shape index (κ3) is 3.20. The molecule has 0 fully saturated rings. The van der Waals surface area contributed by atoms with Gasteiger partial charge < -0.3 is 10.6 Å². The summed E-state index contributed by atoms with van der Waals surface area (Å²) in [5.41, 5.74) is 7.59. The van der Waals surface area contributed by atoms with Gasteiger partial charge in [0.15, 0.2) is 0 Å². The highest BCUT2D eigenvalue weighted by molar-refractivity contribution is 9.11. The van der Waals surface area contributed by atoms with Crippen LogP contribution < -0.4 is 10.6 Å². The van der Waals surface area contributed by atoms with Gasteiger partial charge in [0.05, 0.1) is 20.1 Å². The number of hydrogen-bond acceptors (Lipinski definition) is 4. The highest BCUT2D eigenvalue weighted by Crippen LogP contribution is 2.27. The Morgan fingerprint density at radius 3 is 2.76 bits per heavy atom. The van der Waals surface area contributed by atoms with E-state index in [9.17, 15) is 0 Å². The first-order valence-electron chi connectivity index (χ1n) is 4.91. The number of nitrogen functional groups attached to an aromatic ring is 1. The molecular weight excluding hydrogens is 366 g/mol. The zero-order valence-electron chi connectivity index (χ0n) is 9.15. The van der Waals surface area contributed by atoms with E-state index in [0.29, 0.717) is 5.69 Å². The number of thiophene rings is 1. The lowest BCUT2D eigenvalue weighted by molar-refractivity contribution is 0.898. The van der Waals surface area contributed by atoms with Gasteiger partial charge in [-0.25, -0.2) is 4.98 Å². The first kappa shape index (κ1) is 12.9. The summed E-state index contributed by atoms with van der Waals surface area (Å²) in [5, 5.41) is 2.13. The Bertz CT molecular complexity index is 527. The van der Waals surface area contributed by atoms with Crippen LogP contribution in [0.4, 0.5) is 11.5 Å².